The summed E-state index contributed by atoms with van der Waals surface area (Å²) >= 11 is 0. The smallest absolute Gasteiger partial charge is 0.0639 e. The largest absolute Gasteiger partial charge is 0.326 e. The quantitative estimate of drug-likeness (QED) is 0.798. The summed E-state index contributed by atoms with van der Waals surface area (Å²) in [6.07, 6.45) is 8.20. The molecule has 3 nitrogen and oxygen atoms in total. The van der Waals surface area contributed by atoms with Crippen LogP contribution in [0, 0.1) is 0 Å². The minimum absolute atomic E-state index is 0.157. The summed E-state index contributed by atoms with van der Waals surface area (Å²) in [4.78, 5) is 0. The number of hydrogen-bond acceptors (Lipinski definition) is 2. The molecule has 2 atom stereocenters. The molecule has 0 aromatic carbocycles. The van der Waals surface area contributed by atoms with Gasteiger partial charge in [-0.2, -0.15) is 5.10 Å². The van der Waals surface area contributed by atoms with Gasteiger partial charge in [0.05, 0.1) is 12.2 Å². The van der Waals surface area contributed by atoms with E-state index in [1.165, 1.54) is 24.8 Å². The monoisotopic (exact) mass is 193 g/mol. The summed E-state index contributed by atoms with van der Waals surface area (Å²) in [6.45, 7) is 4.14. The Kier molecular flexibility index (Phi) is 2.59. The highest BCUT2D eigenvalue weighted by molar-refractivity contribution is 5.14. The average molecular weight is 193 g/mol. The van der Waals surface area contributed by atoms with E-state index in [4.69, 9.17) is 5.73 Å². The first-order chi connectivity index (χ1) is 6.68. The van der Waals surface area contributed by atoms with Gasteiger partial charge in [0.25, 0.3) is 0 Å². The number of aromatic nitrogens is 2. The molecule has 1 aliphatic rings. The zero-order chi connectivity index (χ0) is 10.1. The average Bonchev–Trinajstić information content (AvgIpc) is 2.48. The Hall–Kier alpha value is -0.830. The summed E-state index contributed by atoms with van der Waals surface area (Å²) < 4.78 is 2.00. The number of hydrogen-bond donors (Lipinski definition) is 1. The first-order valence-electron chi connectivity index (χ1n) is 5.48. The molecule has 1 fully saturated rings. The van der Waals surface area contributed by atoms with E-state index in [-0.39, 0.29) is 6.04 Å². The Morgan fingerprint density at radius 2 is 2.21 bits per heavy atom. The normalized spacial score (nSPS) is 21.6. The van der Waals surface area contributed by atoms with Crippen molar-refractivity contribution in [3.8, 4) is 0 Å². The van der Waals surface area contributed by atoms with Gasteiger partial charge in [-0.25, -0.2) is 0 Å². The van der Waals surface area contributed by atoms with Crippen LogP contribution in [0.25, 0.3) is 0 Å². The number of nitrogens with zero attached hydrogens (tertiary/aromatic N) is 2. The van der Waals surface area contributed by atoms with E-state index in [9.17, 15) is 0 Å². The molecule has 0 amide bonds. The molecular weight excluding hydrogens is 174 g/mol. The summed E-state index contributed by atoms with van der Waals surface area (Å²) in [6, 6.07) is 0.452. The molecule has 0 aliphatic heterocycles. The standard InChI is InChI=1S/C11H19N3/c1-8(12)9(2)14-7-11(6-13-14)10-4-3-5-10/h6-10H,3-5,12H2,1-2H3. The van der Waals surface area contributed by atoms with Crippen LogP contribution in [0.1, 0.15) is 50.6 Å². The molecule has 2 rings (SSSR count). The second kappa shape index (κ2) is 3.73. The van der Waals surface area contributed by atoms with Gasteiger partial charge in [0, 0.05) is 12.2 Å². The van der Waals surface area contributed by atoms with E-state index in [1.54, 1.807) is 0 Å². The van der Waals surface area contributed by atoms with Crippen LogP contribution in [0.5, 0.6) is 0 Å². The fraction of sp³-hybridized carbons (Fsp3) is 0.727. The summed E-state index contributed by atoms with van der Waals surface area (Å²) in [7, 11) is 0. The number of rotatable bonds is 3. The third-order valence-electron chi connectivity index (χ3n) is 3.38. The highest BCUT2D eigenvalue weighted by atomic mass is 15.3. The summed E-state index contributed by atoms with van der Waals surface area (Å²) in [5.74, 6) is 0.768. The number of nitrogens with two attached hydrogens (primary N) is 1. The first-order valence-corrected chi connectivity index (χ1v) is 5.48. The molecule has 2 unspecified atom stereocenters. The molecular formula is C11H19N3. The van der Waals surface area contributed by atoms with E-state index in [0.29, 0.717) is 6.04 Å². The molecule has 14 heavy (non-hydrogen) atoms. The van der Waals surface area contributed by atoms with Gasteiger partial charge in [-0.3, -0.25) is 4.68 Å². The fourth-order valence-electron chi connectivity index (χ4n) is 1.77. The third kappa shape index (κ3) is 1.69. The second-order valence-electron chi connectivity index (χ2n) is 4.48. The van der Waals surface area contributed by atoms with Crippen molar-refractivity contribution in [1.82, 2.24) is 9.78 Å². The third-order valence-corrected chi connectivity index (χ3v) is 3.38. The van der Waals surface area contributed by atoms with Crippen molar-refractivity contribution in [3.05, 3.63) is 18.0 Å². The van der Waals surface area contributed by atoms with Gasteiger partial charge in [0.2, 0.25) is 0 Å². The van der Waals surface area contributed by atoms with Gasteiger partial charge in [0.15, 0.2) is 0 Å². The lowest BCUT2D eigenvalue weighted by Gasteiger charge is -2.24. The van der Waals surface area contributed by atoms with E-state index in [1.807, 2.05) is 17.8 Å². The Balaban J connectivity index is 2.08. The molecule has 1 heterocycles. The minimum Gasteiger partial charge on any atom is -0.326 e. The van der Waals surface area contributed by atoms with E-state index < -0.39 is 0 Å². The van der Waals surface area contributed by atoms with E-state index in [2.05, 4.69) is 18.2 Å². The first kappa shape index (κ1) is 9.71. The van der Waals surface area contributed by atoms with Crippen molar-refractivity contribution in [2.24, 2.45) is 5.73 Å². The van der Waals surface area contributed by atoms with Gasteiger partial charge in [-0.05, 0) is 38.2 Å². The molecule has 0 bridgehead atoms. The Bertz CT molecular complexity index is 299. The fourth-order valence-corrected chi connectivity index (χ4v) is 1.77. The molecule has 1 saturated carbocycles. The van der Waals surface area contributed by atoms with Gasteiger partial charge < -0.3 is 5.73 Å². The molecule has 3 heteroatoms. The molecule has 0 spiro atoms. The minimum atomic E-state index is 0.157. The van der Waals surface area contributed by atoms with Crippen molar-refractivity contribution < 1.29 is 0 Å². The molecule has 2 N–H and O–H groups in total. The van der Waals surface area contributed by atoms with Crippen LogP contribution in [-0.2, 0) is 0 Å². The zero-order valence-electron chi connectivity index (χ0n) is 8.98. The van der Waals surface area contributed by atoms with Crippen LogP contribution < -0.4 is 5.73 Å². The highest BCUT2D eigenvalue weighted by Gasteiger charge is 2.21. The van der Waals surface area contributed by atoms with Crippen LogP contribution in [0.15, 0.2) is 12.4 Å². The Labute approximate surface area is 85.3 Å². The summed E-state index contributed by atoms with van der Waals surface area (Å²) in [5, 5.41) is 4.38. The zero-order valence-corrected chi connectivity index (χ0v) is 8.98. The predicted octanol–water partition coefficient (Wildman–Crippen LogP) is 2.06. The molecule has 0 radical (unpaired) electrons. The van der Waals surface area contributed by atoms with Crippen molar-refractivity contribution in [3.63, 3.8) is 0 Å². The maximum atomic E-state index is 5.84. The van der Waals surface area contributed by atoms with E-state index >= 15 is 0 Å². The lowest BCUT2D eigenvalue weighted by Crippen LogP contribution is -2.27. The Morgan fingerprint density at radius 3 is 2.71 bits per heavy atom. The maximum absolute atomic E-state index is 5.84. The van der Waals surface area contributed by atoms with Crippen molar-refractivity contribution >= 4 is 0 Å². The van der Waals surface area contributed by atoms with Gasteiger partial charge in [-0.1, -0.05) is 6.42 Å². The SMILES string of the molecule is CC(N)C(C)n1cc(C2CCC2)cn1. The van der Waals surface area contributed by atoms with E-state index in [0.717, 1.165) is 5.92 Å². The van der Waals surface area contributed by atoms with Crippen LogP contribution >= 0.6 is 0 Å². The molecule has 78 valence electrons. The van der Waals surface area contributed by atoms with Gasteiger partial charge in [0.1, 0.15) is 0 Å². The van der Waals surface area contributed by atoms with Crippen molar-refractivity contribution in [2.75, 3.05) is 0 Å². The molecule has 0 saturated heterocycles. The van der Waals surface area contributed by atoms with Crippen LogP contribution in [0.3, 0.4) is 0 Å². The lowest BCUT2D eigenvalue weighted by atomic mass is 9.81. The highest BCUT2D eigenvalue weighted by Crippen LogP contribution is 2.36. The molecule has 1 aromatic heterocycles. The topological polar surface area (TPSA) is 43.8 Å². The van der Waals surface area contributed by atoms with Crippen LogP contribution in [0.2, 0.25) is 0 Å². The lowest BCUT2D eigenvalue weighted by molar-refractivity contribution is 0.411. The Morgan fingerprint density at radius 1 is 1.50 bits per heavy atom. The molecule has 1 aromatic rings. The summed E-state index contributed by atoms with van der Waals surface area (Å²) in [5.41, 5.74) is 7.23. The predicted molar refractivity (Wildman–Crippen MR) is 57.2 cm³/mol. The van der Waals surface area contributed by atoms with Crippen molar-refractivity contribution in [1.29, 1.82) is 0 Å². The van der Waals surface area contributed by atoms with Gasteiger partial charge >= 0.3 is 0 Å². The maximum Gasteiger partial charge on any atom is 0.0639 e. The van der Waals surface area contributed by atoms with Crippen LogP contribution in [0.4, 0.5) is 0 Å². The van der Waals surface area contributed by atoms with Crippen molar-refractivity contribution in [2.45, 2.75) is 51.1 Å². The second-order valence-corrected chi connectivity index (χ2v) is 4.48. The molecule has 1 aliphatic carbocycles. The van der Waals surface area contributed by atoms with Crippen LogP contribution in [-0.4, -0.2) is 15.8 Å². The van der Waals surface area contributed by atoms with Gasteiger partial charge in [-0.15, -0.1) is 0 Å².